The summed E-state index contributed by atoms with van der Waals surface area (Å²) < 4.78 is 0. The summed E-state index contributed by atoms with van der Waals surface area (Å²) in [6, 6.07) is 0.255. The molecular weight excluding hydrogens is 186 g/mol. The van der Waals surface area contributed by atoms with Gasteiger partial charge in [-0.25, -0.2) is 0 Å². The number of nitrogens with zero attached hydrogens (tertiary/aromatic N) is 1. The van der Waals surface area contributed by atoms with E-state index in [1.54, 1.807) is 0 Å². The van der Waals surface area contributed by atoms with Crippen molar-refractivity contribution in [3.63, 3.8) is 0 Å². The Bertz CT molecular complexity index is 157. The Morgan fingerprint density at radius 2 is 1.85 bits per heavy atom. The SMILES string of the molecule is CC(C)CCN(C(=O)CCl)C(C)C. The molecule has 0 bridgehead atoms. The van der Waals surface area contributed by atoms with Crippen LogP contribution in [0.5, 0.6) is 0 Å². The molecule has 0 radical (unpaired) electrons. The van der Waals surface area contributed by atoms with E-state index >= 15 is 0 Å². The van der Waals surface area contributed by atoms with Gasteiger partial charge in [-0.3, -0.25) is 4.79 Å². The third-order valence-corrected chi connectivity index (χ3v) is 2.23. The lowest BCUT2D eigenvalue weighted by Crippen LogP contribution is -2.38. The molecular formula is C10H20ClNO. The smallest absolute Gasteiger partial charge is 0.237 e. The van der Waals surface area contributed by atoms with Crippen molar-refractivity contribution in [3.8, 4) is 0 Å². The maximum absolute atomic E-state index is 11.4. The van der Waals surface area contributed by atoms with Gasteiger partial charge in [-0.1, -0.05) is 13.8 Å². The molecule has 0 fully saturated rings. The molecule has 1 amide bonds. The molecule has 2 nitrogen and oxygen atoms in total. The van der Waals surface area contributed by atoms with E-state index in [0.29, 0.717) is 5.92 Å². The number of hydrogen-bond donors (Lipinski definition) is 0. The Morgan fingerprint density at radius 3 is 2.15 bits per heavy atom. The van der Waals surface area contributed by atoms with Crippen LogP contribution < -0.4 is 0 Å². The monoisotopic (exact) mass is 205 g/mol. The molecule has 0 aromatic heterocycles. The normalized spacial score (nSPS) is 11.0. The highest BCUT2D eigenvalue weighted by Crippen LogP contribution is 2.06. The molecule has 0 saturated carbocycles. The number of carbonyl (C=O) groups is 1. The fourth-order valence-electron chi connectivity index (χ4n) is 1.14. The lowest BCUT2D eigenvalue weighted by atomic mass is 10.1. The number of rotatable bonds is 5. The van der Waals surface area contributed by atoms with Gasteiger partial charge in [0.25, 0.3) is 0 Å². The first-order valence-electron chi connectivity index (χ1n) is 4.84. The van der Waals surface area contributed by atoms with E-state index in [9.17, 15) is 4.79 Å². The van der Waals surface area contributed by atoms with Gasteiger partial charge < -0.3 is 4.90 Å². The maximum Gasteiger partial charge on any atom is 0.237 e. The molecule has 0 rings (SSSR count). The number of alkyl halides is 1. The highest BCUT2D eigenvalue weighted by molar-refractivity contribution is 6.27. The average molecular weight is 206 g/mol. The summed E-state index contributed by atoms with van der Waals surface area (Å²) in [5.41, 5.74) is 0. The highest BCUT2D eigenvalue weighted by atomic mass is 35.5. The van der Waals surface area contributed by atoms with Gasteiger partial charge in [0.15, 0.2) is 0 Å². The van der Waals surface area contributed by atoms with Gasteiger partial charge in [0.1, 0.15) is 5.88 Å². The summed E-state index contributed by atoms with van der Waals surface area (Å²) in [6.45, 7) is 9.17. The van der Waals surface area contributed by atoms with Crippen LogP contribution in [0.1, 0.15) is 34.1 Å². The minimum absolute atomic E-state index is 0.0392. The zero-order valence-corrected chi connectivity index (χ0v) is 9.77. The Morgan fingerprint density at radius 1 is 1.31 bits per heavy atom. The van der Waals surface area contributed by atoms with E-state index in [4.69, 9.17) is 11.6 Å². The van der Waals surface area contributed by atoms with Gasteiger partial charge in [0.05, 0.1) is 0 Å². The fraction of sp³-hybridized carbons (Fsp3) is 0.900. The van der Waals surface area contributed by atoms with Crippen molar-refractivity contribution < 1.29 is 4.79 Å². The zero-order valence-electron chi connectivity index (χ0n) is 9.01. The molecule has 3 heteroatoms. The van der Waals surface area contributed by atoms with Crippen LogP contribution in [0.2, 0.25) is 0 Å². The molecule has 0 unspecified atom stereocenters. The van der Waals surface area contributed by atoms with Crippen LogP contribution in [0.4, 0.5) is 0 Å². The Labute approximate surface area is 86.2 Å². The summed E-state index contributed by atoms with van der Waals surface area (Å²) in [7, 11) is 0. The minimum Gasteiger partial charge on any atom is -0.339 e. The van der Waals surface area contributed by atoms with Crippen molar-refractivity contribution in [1.82, 2.24) is 4.90 Å². The van der Waals surface area contributed by atoms with E-state index in [1.165, 1.54) is 0 Å². The van der Waals surface area contributed by atoms with Crippen molar-refractivity contribution in [2.24, 2.45) is 5.92 Å². The molecule has 0 N–H and O–H groups in total. The van der Waals surface area contributed by atoms with E-state index < -0.39 is 0 Å². The van der Waals surface area contributed by atoms with E-state index in [-0.39, 0.29) is 17.8 Å². The first-order chi connectivity index (χ1) is 5.99. The topological polar surface area (TPSA) is 20.3 Å². The molecule has 0 aliphatic rings. The molecule has 0 saturated heterocycles. The van der Waals surface area contributed by atoms with Crippen molar-refractivity contribution >= 4 is 17.5 Å². The second-order valence-electron chi connectivity index (χ2n) is 4.00. The molecule has 0 aromatic rings. The summed E-state index contributed by atoms with van der Waals surface area (Å²) in [4.78, 5) is 13.2. The van der Waals surface area contributed by atoms with Crippen molar-refractivity contribution in [1.29, 1.82) is 0 Å². The van der Waals surface area contributed by atoms with Crippen molar-refractivity contribution in [3.05, 3.63) is 0 Å². The Kier molecular flexibility index (Phi) is 6.13. The van der Waals surface area contributed by atoms with Gasteiger partial charge in [-0.2, -0.15) is 0 Å². The predicted octanol–water partition coefficient (Wildman–Crippen LogP) is 2.51. The molecule has 0 spiro atoms. The third kappa shape index (κ3) is 5.14. The Hall–Kier alpha value is -0.240. The maximum atomic E-state index is 11.4. The van der Waals surface area contributed by atoms with Crippen LogP contribution in [0, 0.1) is 5.92 Å². The first kappa shape index (κ1) is 12.8. The van der Waals surface area contributed by atoms with Crippen LogP contribution in [-0.4, -0.2) is 29.3 Å². The molecule has 78 valence electrons. The van der Waals surface area contributed by atoms with Crippen LogP contribution in [-0.2, 0) is 4.79 Å². The minimum atomic E-state index is 0.0392. The summed E-state index contributed by atoms with van der Waals surface area (Å²) in [6.07, 6.45) is 1.04. The number of carbonyl (C=O) groups excluding carboxylic acids is 1. The quantitative estimate of drug-likeness (QED) is 0.632. The molecule has 13 heavy (non-hydrogen) atoms. The van der Waals surface area contributed by atoms with Gasteiger partial charge in [0.2, 0.25) is 5.91 Å². The summed E-state index contributed by atoms with van der Waals surface area (Å²) in [5, 5.41) is 0. The molecule has 0 aliphatic carbocycles. The van der Waals surface area contributed by atoms with Gasteiger partial charge in [-0.15, -0.1) is 11.6 Å². The van der Waals surface area contributed by atoms with E-state index in [2.05, 4.69) is 13.8 Å². The number of amides is 1. The fourth-order valence-corrected chi connectivity index (χ4v) is 1.30. The van der Waals surface area contributed by atoms with Gasteiger partial charge >= 0.3 is 0 Å². The van der Waals surface area contributed by atoms with Crippen LogP contribution >= 0.6 is 11.6 Å². The van der Waals surface area contributed by atoms with Crippen LogP contribution in [0.25, 0.3) is 0 Å². The van der Waals surface area contributed by atoms with E-state index in [1.807, 2.05) is 18.7 Å². The second-order valence-corrected chi connectivity index (χ2v) is 4.26. The highest BCUT2D eigenvalue weighted by Gasteiger charge is 2.15. The molecule has 0 aromatic carbocycles. The molecule has 0 heterocycles. The first-order valence-corrected chi connectivity index (χ1v) is 5.38. The van der Waals surface area contributed by atoms with Gasteiger partial charge in [-0.05, 0) is 26.2 Å². The Balaban J connectivity index is 4.03. The van der Waals surface area contributed by atoms with E-state index in [0.717, 1.165) is 13.0 Å². The zero-order chi connectivity index (χ0) is 10.4. The summed E-state index contributed by atoms with van der Waals surface area (Å²) in [5.74, 6) is 0.762. The summed E-state index contributed by atoms with van der Waals surface area (Å²) >= 11 is 5.51. The number of halogens is 1. The van der Waals surface area contributed by atoms with Crippen molar-refractivity contribution in [2.45, 2.75) is 40.2 Å². The van der Waals surface area contributed by atoms with Crippen molar-refractivity contribution in [2.75, 3.05) is 12.4 Å². The molecule has 0 atom stereocenters. The average Bonchev–Trinajstić information content (AvgIpc) is 2.03. The van der Waals surface area contributed by atoms with Crippen LogP contribution in [0.15, 0.2) is 0 Å². The predicted molar refractivity (Wildman–Crippen MR) is 57.0 cm³/mol. The number of hydrogen-bond acceptors (Lipinski definition) is 1. The largest absolute Gasteiger partial charge is 0.339 e. The molecule has 0 aliphatic heterocycles. The standard InChI is InChI=1S/C10H20ClNO/c1-8(2)5-6-12(9(3)4)10(13)7-11/h8-9H,5-7H2,1-4H3. The van der Waals surface area contributed by atoms with Gasteiger partial charge in [0, 0.05) is 12.6 Å². The lowest BCUT2D eigenvalue weighted by Gasteiger charge is -2.26. The van der Waals surface area contributed by atoms with Crippen LogP contribution in [0.3, 0.4) is 0 Å². The lowest BCUT2D eigenvalue weighted by molar-refractivity contribution is -0.130. The second kappa shape index (κ2) is 6.25. The third-order valence-electron chi connectivity index (χ3n) is 2.01.